The lowest BCUT2D eigenvalue weighted by molar-refractivity contribution is 0.726. The maximum absolute atomic E-state index is 6.14. The molecule has 3 nitrogen and oxygen atoms in total. The summed E-state index contributed by atoms with van der Waals surface area (Å²) in [4.78, 5) is 0. The summed E-state index contributed by atoms with van der Waals surface area (Å²) >= 11 is 6.14. The molecular formula is C15H18ClN3. The number of nitrogens with zero attached hydrogens (tertiary/aromatic N) is 3. The molecule has 1 aromatic heterocycles. The molecule has 0 N–H and O–H groups in total. The number of benzene rings is 1. The lowest BCUT2D eigenvalue weighted by Gasteiger charge is -2.09. The van der Waals surface area contributed by atoms with Gasteiger partial charge in [0, 0.05) is 5.92 Å². The lowest BCUT2D eigenvalue weighted by atomic mass is 10.0. The Morgan fingerprint density at radius 2 is 1.89 bits per heavy atom. The van der Waals surface area contributed by atoms with Gasteiger partial charge in [0.05, 0.1) is 6.54 Å². The summed E-state index contributed by atoms with van der Waals surface area (Å²) in [6, 6.07) is 8.72. The van der Waals surface area contributed by atoms with Crippen LogP contribution in [0.4, 0.5) is 0 Å². The zero-order chi connectivity index (χ0) is 13.4. The van der Waals surface area contributed by atoms with Crippen molar-refractivity contribution in [3.63, 3.8) is 0 Å². The highest BCUT2D eigenvalue weighted by molar-refractivity contribution is 6.28. The second-order valence-corrected chi connectivity index (χ2v) is 5.92. The van der Waals surface area contributed by atoms with E-state index in [2.05, 4.69) is 48.3 Å². The normalized spacial score (nSPS) is 15.2. The van der Waals surface area contributed by atoms with E-state index in [1.165, 1.54) is 24.0 Å². The van der Waals surface area contributed by atoms with Crippen molar-refractivity contribution in [2.45, 2.75) is 45.1 Å². The predicted molar refractivity (Wildman–Crippen MR) is 76.6 cm³/mol. The molecule has 0 spiro atoms. The van der Waals surface area contributed by atoms with Crippen molar-refractivity contribution >= 4 is 11.6 Å². The van der Waals surface area contributed by atoms with Gasteiger partial charge in [-0.25, -0.2) is 0 Å². The molecule has 1 aliphatic carbocycles. The van der Waals surface area contributed by atoms with Gasteiger partial charge in [-0.3, -0.25) is 4.57 Å². The molecule has 0 radical (unpaired) electrons. The van der Waals surface area contributed by atoms with E-state index < -0.39 is 0 Å². The summed E-state index contributed by atoms with van der Waals surface area (Å²) < 4.78 is 2.03. The molecule has 0 atom stereocenters. The van der Waals surface area contributed by atoms with E-state index in [-0.39, 0.29) is 0 Å². The van der Waals surface area contributed by atoms with Crippen molar-refractivity contribution < 1.29 is 0 Å². The molecule has 1 saturated carbocycles. The molecule has 0 saturated heterocycles. The standard InChI is InChI=1S/C15H18ClN3/c1-10(2)12-5-3-11(4-6-12)9-19-14(13-7-8-13)17-18-15(19)16/h3-6,10,13H,7-9H2,1-2H3. The van der Waals surface area contributed by atoms with Crippen LogP contribution in [0.2, 0.25) is 5.28 Å². The first kappa shape index (κ1) is 12.7. The third-order valence-electron chi connectivity index (χ3n) is 3.66. The third-order valence-corrected chi connectivity index (χ3v) is 3.94. The van der Waals surface area contributed by atoms with Gasteiger partial charge in [0.15, 0.2) is 0 Å². The van der Waals surface area contributed by atoms with Crippen LogP contribution in [0.1, 0.15) is 55.5 Å². The fraction of sp³-hybridized carbons (Fsp3) is 0.467. The van der Waals surface area contributed by atoms with Gasteiger partial charge in [-0.15, -0.1) is 10.2 Å². The first-order valence-electron chi connectivity index (χ1n) is 6.82. The molecule has 100 valence electrons. The summed E-state index contributed by atoms with van der Waals surface area (Å²) in [5.41, 5.74) is 2.61. The number of rotatable bonds is 4. The molecule has 0 aliphatic heterocycles. The topological polar surface area (TPSA) is 30.7 Å². The molecule has 0 bridgehead atoms. The molecule has 0 unspecified atom stereocenters. The quantitative estimate of drug-likeness (QED) is 0.845. The van der Waals surface area contributed by atoms with Crippen LogP contribution >= 0.6 is 11.6 Å². The van der Waals surface area contributed by atoms with Crippen LogP contribution < -0.4 is 0 Å². The first-order valence-corrected chi connectivity index (χ1v) is 7.20. The Morgan fingerprint density at radius 3 is 2.47 bits per heavy atom. The van der Waals surface area contributed by atoms with Crippen LogP contribution in [0.15, 0.2) is 24.3 Å². The largest absolute Gasteiger partial charge is 0.297 e. The van der Waals surface area contributed by atoms with Gasteiger partial charge >= 0.3 is 0 Å². The van der Waals surface area contributed by atoms with Crippen LogP contribution in [0, 0.1) is 0 Å². The van der Waals surface area contributed by atoms with Gasteiger partial charge in [-0.1, -0.05) is 38.1 Å². The van der Waals surface area contributed by atoms with Crippen LogP contribution in [-0.2, 0) is 6.54 Å². The molecule has 1 aliphatic rings. The van der Waals surface area contributed by atoms with Crippen LogP contribution in [-0.4, -0.2) is 14.8 Å². The molecule has 1 heterocycles. The average molecular weight is 276 g/mol. The fourth-order valence-electron chi connectivity index (χ4n) is 2.28. The minimum absolute atomic E-state index is 0.495. The molecular weight excluding hydrogens is 258 g/mol. The number of aromatic nitrogens is 3. The van der Waals surface area contributed by atoms with E-state index in [0.29, 0.717) is 17.1 Å². The Kier molecular flexibility index (Phi) is 3.31. The highest BCUT2D eigenvalue weighted by Gasteiger charge is 2.30. The second-order valence-electron chi connectivity index (χ2n) is 5.58. The van der Waals surface area contributed by atoms with Crippen LogP contribution in [0.3, 0.4) is 0 Å². The maximum atomic E-state index is 6.14. The number of hydrogen-bond donors (Lipinski definition) is 0. The van der Waals surface area contributed by atoms with Gasteiger partial charge in [0.1, 0.15) is 5.82 Å². The first-order chi connectivity index (χ1) is 9.15. The molecule has 4 heteroatoms. The zero-order valence-electron chi connectivity index (χ0n) is 11.3. The maximum Gasteiger partial charge on any atom is 0.225 e. The van der Waals surface area contributed by atoms with Crippen LogP contribution in [0.25, 0.3) is 0 Å². The van der Waals surface area contributed by atoms with Crippen molar-refractivity contribution in [1.29, 1.82) is 0 Å². The Bertz CT molecular complexity index is 568. The molecule has 1 fully saturated rings. The van der Waals surface area contributed by atoms with E-state index in [4.69, 9.17) is 11.6 Å². The Balaban J connectivity index is 1.82. The molecule has 3 rings (SSSR count). The molecule has 2 aromatic rings. The van der Waals surface area contributed by atoms with Crippen molar-refractivity contribution in [3.8, 4) is 0 Å². The Labute approximate surface area is 118 Å². The number of hydrogen-bond acceptors (Lipinski definition) is 2. The smallest absolute Gasteiger partial charge is 0.225 e. The van der Waals surface area contributed by atoms with E-state index in [0.717, 1.165) is 12.4 Å². The third kappa shape index (κ3) is 2.66. The minimum atomic E-state index is 0.495. The van der Waals surface area contributed by atoms with E-state index in [1.54, 1.807) is 0 Å². The minimum Gasteiger partial charge on any atom is -0.297 e. The van der Waals surface area contributed by atoms with E-state index in [1.807, 2.05) is 4.57 Å². The van der Waals surface area contributed by atoms with Crippen LogP contribution in [0.5, 0.6) is 0 Å². The summed E-state index contributed by atoms with van der Waals surface area (Å²) in [5.74, 6) is 2.17. The summed E-state index contributed by atoms with van der Waals surface area (Å²) in [5, 5.41) is 8.69. The Hall–Kier alpha value is -1.35. The molecule has 0 amide bonds. The highest BCUT2D eigenvalue weighted by Crippen LogP contribution is 2.39. The zero-order valence-corrected chi connectivity index (χ0v) is 12.1. The summed E-state index contributed by atoms with van der Waals surface area (Å²) in [7, 11) is 0. The summed E-state index contributed by atoms with van der Waals surface area (Å²) in [6.45, 7) is 5.17. The van der Waals surface area contributed by atoms with Crippen molar-refractivity contribution in [3.05, 3.63) is 46.5 Å². The molecule has 19 heavy (non-hydrogen) atoms. The van der Waals surface area contributed by atoms with Crippen molar-refractivity contribution in [1.82, 2.24) is 14.8 Å². The van der Waals surface area contributed by atoms with E-state index >= 15 is 0 Å². The number of halogens is 1. The predicted octanol–water partition coefficient (Wildman–Crippen LogP) is 3.98. The highest BCUT2D eigenvalue weighted by atomic mass is 35.5. The summed E-state index contributed by atoms with van der Waals surface area (Å²) in [6.07, 6.45) is 2.42. The lowest BCUT2D eigenvalue weighted by Crippen LogP contribution is -2.04. The Morgan fingerprint density at radius 1 is 1.21 bits per heavy atom. The van der Waals surface area contributed by atoms with Gasteiger partial charge < -0.3 is 0 Å². The fourth-order valence-corrected chi connectivity index (χ4v) is 2.46. The average Bonchev–Trinajstić information content (AvgIpc) is 3.17. The molecule has 1 aromatic carbocycles. The second kappa shape index (κ2) is 4.97. The van der Waals surface area contributed by atoms with E-state index in [9.17, 15) is 0 Å². The van der Waals surface area contributed by atoms with Gasteiger partial charge in [0.2, 0.25) is 5.28 Å². The monoisotopic (exact) mass is 275 g/mol. The van der Waals surface area contributed by atoms with Crippen molar-refractivity contribution in [2.24, 2.45) is 0 Å². The SMILES string of the molecule is CC(C)c1ccc(Cn2c(Cl)nnc2C2CC2)cc1. The van der Waals surface area contributed by atoms with Gasteiger partial charge in [0.25, 0.3) is 0 Å². The van der Waals surface area contributed by atoms with Gasteiger partial charge in [-0.05, 0) is 41.5 Å². The van der Waals surface area contributed by atoms with Crippen molar-refractivity contribution in [2.75, 3.05) is 0 Å². The van der Waals surface area contributed by atoms with Gasteiger partial charge in [-0.2, -0.15) is 0 Å².